The van der Waals surface area contributed by atoms with E-state index in [1.807, 2.05) is 46.5 Å². The average molecular weight is 382 g/mol. The maximum atomic E-state index is 6.10. The highest BCUT2D eigenvalue weighted by Crippen LogP contribution is 2.42. The van der Waals surface area contributed by atoms with E-state index in [-0.39, 0.29) is 7.43 Å². The fourth-order valence-electron chi connectivity index (χ4n) is 4.05. The van der Waals surface area contributed by atoms with E-state index in [4.69, 9.17) is 9.68 Å². The number of hydrogen-bond acceptors (Lipinski definition) is 4. The molecule has 0 bridgehead atoms. The van der Waals surface area contributed by atoms with Crippen molar-refractivity contribution in [1.29, 1.82) is 0 Å². The second-order valence-electron chi connectivity index (χ2n) is 7.11. The van der Waals surface area contributed by atoms with E-state index in [2.05, 4.69) is 48.5 Å². The minimum absolute atomic E-state index is 0. The fraction of sp³-hybridized carbons (Fsp3) is 0.120. The van der Waals surface area contributed by atoms with Crippen LogP contribution in [0.4, 0.5) is 11.4 Å². The summed E-state index contributed by atoms with van der Waals surface area (Å²) in [5.41, 5.74) is 4.57. The fourth-order valence-corrected chi connectivity index (χ4v) is 4.05. The van der Waals surface area contributed by atoms with Gasteiger partial charge in [0.15, 0.2) is 11.5 Å². The summed E-state index contributed by atoms with van der Waals surface area (Å²) in [5.74, 6) is 1.85. The second-order valence-corrected chi connectivity index (χ2v) is 7.11. The predicted octanol–water partition coefficient (Wildman–Crippen LogP) is 6.10. The van der Waals surface area contributed by atoms with Crippen molar-refractivity contribution in [3.05, 3.63) is 96.1 Å². The minimum Gasteiger partial charge on any atom is -0.379 e. The lowest BCUT2D eigenvalue weighted by Crippen LogP contribution is -2.19. The first-order valence-corrected chi connectivity index (χ1v) is 9.45. The largest absolute Gasteiger partial charge is 0.379 e. The first kappa shape index (κ1) is 17.4. The lowest BCUT2D eigenvalue weighted by atomic mass is 9.99. The van der Waals surface area contributed by atoms with Gasteiger partial charge in [0.1, 0.15) is 0 Å². The number of fused-ring (bicyclic) bond motifs is 5. The molecule has 0 aromatic heterocycles. The highest BCUT2D eigenvalue weighted by Gasteiger charge is 2.28. The highest BCUT2D eigenvalue weighted by molar-refractivity contribution is 5.93. The topological polar surface area (TPSA) is 24.9 Å². The zero-order valence-electron chi connectivity index (χ0n) is 15.2. The smallest absolute Gasteiger partial charge is 0.161 e. The molecule has 4 aromatic carbocycles. The lowest BCUT2D eigenvalue weighted by molar-refractivity contribution is 0.308. The Morgan fingerprint density at radius 1 is 0.517 bits per heavy atom. The van der Waals surface area contributed by atoms with Crippen LogP contribution in [0.15, 0.2) is 84.9 Å². The van der Waals surface area contributed by atoms with Gasteiger partial charge in [0.05, 0.1) is 24.5 Å². The molecule has 29 heavy (non-hydrogen) atoms. The molecule has 2 heterocycles. The van der Waals surface area contributed by atoms with Crippen LogP contribution < -0.4 is 19.8 Å². The molecule has 0 aliphatic carbocycles. The number of hydrogen-bond donors (Lipinski definition) is 0. The molecule has 2 aliphatic heterocycles. The van der Waals surface area contributed by atoms with Crippen LogP contribution in [0.2, 0.25) is 0 Å². The first-order valence-electron chi connectivity index (χ1n) is 9.45. The number of rotatable bonds is 2. The van der Waals surface area contributed by atoms with Gasteiger partial charge in [0, 0.05) is 11.1 Å². The lowest BCUT2D eigenvalue weighted by Gasteiger charge is -2.16. The van der Waals surface area contributed by atoms with Crippen LogP contribution in [-0.4, -0.2) is 0 Å². The monoisotopic (exact) mass is 382 g/mol. The van der Waals surface area contributed by atoms with Crippen LogP contribution in [0.1, 0.15) is 18.6 Å². The molecule has 0 radical (unpaired) electrons. The van der Waals surface area contributed by atoms with Crippen LogP contribution in [-0.2, 0) is 13.1 Å². The molecule has 0 saturated carbocycles. The van der Waals surface area contributed by atoms with Crippen molar-refractivity contribution in [3.63, 3.8) is 0 Å². The van der Waals surface area contributed by atoms with Gasteiger partial charge in [-0.15, -0.1) is 0 Å². The molecule has 2 aliphatic rings. The Bertz CT molecular complexity index is 1080. The molecule has 0 amide bonds. The Morgan fingerprint density at radius 2 is 0.931 bits per heavy atom. The summed E-state index contributed by atoms with van der Waals surface area (Å²) in [6, 6.07) is 28.9. The molecule has 0 saturated heterocycles. The Balaban J connectivity index is 0.00000181. The maximum absolute atomic E-state index is 6.10. The summed E-state index contributed by atoms with van der Waals surface area (Å²) in [7, 11) is 0. The van der Waals surface area contributed by atoms with E-state index in [0.717, 1.165) is 36.0 Å². The molecule has 0 unspecified atom stereocenters. The zero-order valence-corrected chi connectivity index (χ0v) is 15.2. The van der Waals surface area contributed by atoms with Gasteiger partial charge in [-0.25, -0.2) is 10.1 Å². The number of benzene rings is 4. The van der Waals surface area contributed by atoms with Gasteiger partial charge in [-0.05, 0) is 47.2 Å². The summed E-state index contributed by atoms with van der Waals surface area (Å²) in [4.78, 5) is 12.2. The van der Waals surface area contributed by atoms with Crippen LogP contribution in [0.3, 0.4) is 0 Å². The molecule has 0 fully saturated rings. The van der Waals surface area contributed by atoms with Gasteiger partial charge in [-0.1, -0.05) is 56.0 Å². The van der Waals surface area contributed by atoms with Gasteiger partial charge < -0.3 is 9.68 Å². The van der Waals surface area contributed by atoms with E-state index in [0.29, 0.717) is 0 Å². The number of para-hydroxylation sites is 2. The highest BCUT2D eigenvalue weighted by atomic mass is 16.7. The third-order valence-corrected chi connectivity index (χ3v) is 5.45. The molecule has 6 rings (SSSR count). The third kappa shape index (κ3) is 2.76. The average Bonchev–Trinajstić information content (AvgIpc) is 3.39. The normalized spacial score (nSPS) is 14.1. The van der Waals surface area contributed by atoms with Gasteiger partial charge in [-0.3, -0.25) is 0 Å². The Hall–Kier alpha value is -3.66. The van der Waals surface area contributed by atoms with Gasteiger partial charge in [-0.2, -0.15) is 0 Å². The van der Waals surface area contributed by atoms with E-state index in [1.54, 1.807) is 0 Å². The van der Waals surface area contributed by atoms with E-state index in [9.17, 15) is 0 Å². The molecule has 4 heteroatoms. The van der Waals surface area contributed by atoms with E-state index < -0.39 is 0 Å². The minimum atomic E-state index is 0. The van der Waals surface area contributed by atoms with Crippen molar-refractivity contribution in [2.75, 3.05) is 10.1 Å². The molecular weight excluding hydrogens is 360 g/mol. The molecule has 4 nitrogen and oxygen atoms in total. The summed E-state index contributed by atoms with van der Waals surface area (Å²) < 4.78 is 0. The molecule has 4 aromatic rings. The first-order chi connectivity index (χ1) is 13.9. The van der Waals surface area contributed by atoms with Crippen LogP contribution >= 0.6 is 0 Å². The summed E-state index contributed by atoms with van der Waals surface area (Å²) in [6.45, 7) is 1.47. The molecule has 0 N–H and O–H groups in total. The molecule has 0 spiro atoms. The summed E-state index contributed by atoms with van der Waals surface area (Å²) in [5, 5.41) is 6.36. The van der Waals surface area contributed by atoms with Gasteiger partial charge in [0.25, 0.3) is 0 Å². The molecule has 0 atom stereocenters. The quantitative estimate of drug-likeness (QED) is 0.418. The van der Waals surface area contributed by atoms with Crippen molar-refractivity contribution in [2.24, 2.45) is 0 Å². The second kappa shape index (κ2) is 6.74. The number of anilines is 2. The van der Waals surface area contributed by atoms with Crippen molar-refractivity contribution in [3.8, 4) is 11.5 Å². The van der Waals surface area contributed by atoms with Crippen LogP contribution in [0, 0.1) is 0 Å². The van der Waals surface area contributed by atoms with E-state index in [1.165, 1.54) is 21.9 Å². The van der Waals surface area contributed by atoms with Gasteiger partial charge in [0.2, 0.25) is 0 Å². The predicted molar refractivity (Wildman–Crippen MR) is 117 cm³/mol. The molecular formula is C25H22N2O2. The van der Waals surface area contributed by atoms with Crippen molar-refractivity contribution in [1.82, 2.24) is 0 Å². The van der Waals surface area contributed by atoms with Crippen molar-refractivity contribution in [2.45, 2.75) is 20.5 Å². The number of nitrogens with zero attached hydrogens (tertiary/aromatic N) is 2. The zero-order chi connectivity index (χ0) is 18.5. The summed E-state index contributed by atoms with van der Waals surface area (Å²) in [6.07, 6.45) is 0. The van der Waals surface area contributed by atoms with Crippen molar-refractivity contribution < 1.29 is 9.68 Å². The Kier molecular flexibility index (Phi) is 4.06. The van der Waals surface area contributed by atoms with Gasteiger partial charge >= 0.3 is 0 Å². The standard InChI is InChI=1S/C24H18N2O2.CH4/c1-3-7-17(8-4-1)25-15-21-19-12-14-24-22(20(19)11-13-23(21)27-25)16-26(28-24)18-9-5-2-6-10-18;/h1-14H,15-16H2;1H4. The van der Waals surface area contributed by atoms with Crippen LogP contribution in [0.5, 0.6) is 11.5 Å². The van der Waals surface area contributed by atoms with Crippen molar-refractivity contribution >= 4 is 22.1 Å². The third-order valence-electron chi connectivity index (χ3n) is 5.45. The molecule has 144 valence electrons. The Labute approximate surface area is 170 Å². The van der Waals surface area contributed by atoms with E-state index >= 15 is 0 Å². The van der Waals surface area contributed by atoms with Crippen LogP contribution in [0.25, 0.3) is 10.8 Å². The number of hydroxylamine groups is 2. The Morgan fingerprint density at radius 3 is 1.34 bits per heavy atom. The SMILES string of the molecule is C.c1ccc(N2Cc3c(ccc4c5c(ccc34)ON(c3ccccc3)C5)O2)cc1. The maximum Gasteiger partial charge on any atom is 0.161 e. The summed E-state index contributed by atoms with van der Waals surface area (Å²) >= 11 is 0.